The quantitative estimate of drug-likeness (QED) is 0.0712. The molecule has 4 N–H and O–H groups in total. The average Bonchev–Trinajstić information content (AvgIpc) is 3.82. The molecule has 2 atom stereocenters. The molecule has 2 unspecified atom stereocenters. The number of carboxylic acid groups (broad SMARTS) is 1. The van der Waals surface area contributed by atoms with Crippen LogP contribution in [-0.2, 0) is 39.8 Å². The molecule has 8 rings (SSSR count). The Morgan fingerprint density at radius 3 is 1.32 bits per heavy atom. The highest BCUT2D eigenvalue weighted by atomic mass is 127. The lowest BCUT2D eigenvalue weighted by Crippen LogP contribution is -2.50. The SMILES string of the molecule is CI.CI.Clc1ccc(N2CCNCC2)cc1.O=C(O)CCC1(c2ccccc2)NC(=O)CC1=O.O=C1CC(=O)C(CCC(=O)N2CCN(c3ccc(Cl)cc3)CC2)(c2ccccc2)N1. The number of anilines is 2. The highest BCUT2D eigenvalue weighted by Gasteiger charge is 2.48. The van der Waals surface area contributed by atoms with Crippen molar-refractivity contribution in [2.75, 3.05) is 72.0 Å². The highest BCUT2D eigenvalue weighted by molar-refractivity contribution is 14.1. The first kappa shape index (κ1) is 53.3. The van der Waals surface area contributed by atoms with Gasteiger partial charge in [0.1, 0.15) is 11.1 Å². The Morgan fingerprint density at radius 2 is 0.954 bits per heavy atom. The van der Waals surface area contributed by atoms with Gasteiger partial charge >= 0.3 is 5.97 Å². The van der Waals surface area contributed by atoms with Crippen molar-refractivity contribution in [3.63, 3.8) is 0 Å². The van der Waals surface area contributed by atoms with E-state index in [0.29, 0.717) is 23.7 Å². The van der Waals surface area contributed by atoms with Crippen LogP contribution in [0.3, 0.4) is 0 Å². The first-order chi connectivity index (χ1) is 31.4. The van der Waals surface area contributed by atoms with Crippen LogP contribution in [0.1, 0.15) is 49.7 Å². The molecule has 348 valence electrons. The second kappa shape index (κ2) is 26.7. The maximum atomic E-state index is 12.9. The molecule has 4 heterocycles. The molecule has 4 aromatic carbocycles. The van der Waals surface area contributed by atoms with Gasteiger partial charge in [-0.25, -0.2) is 0 Å². The van der Waals surface area contributed by atoms with Crippen molar-refractivity contribution >= 4 is 115 Å². The third kappa shape index (κ3) is 14.8. The zero-order valence-corrected chi connectivity index (χ0v) is 42.4. The van der Waals surface area contributed by atoms with Crippen LogP contribution in [0, 0.1) is 0 Å². The second-order valence-corrected chi connectivity index (χ2v) is 16.2. The summed E-state index contributed by atoms with van der Waals surface area (Å²) in [5, 5.41) is 19.1. The summed E-state index contributed by atoms with van der Waals surface area (Å²) in [5.41, 5.74) is 1.47. The maximum absolute atomic E-state index is 12.9. The first-order valence-electron chi connectivity index (χ1n) is 21.2. The molecular formula is C48H56Cl2I2N6O7. The smallest absolute Gasteiger partial charge is 0.303 e. The van der Waals surface area contributed by atoms with Crippen LogP contribution < -0.4 is 25.8 Å². The minimum Gasteiger partial charge on any atom is -0.481 e. The number of carbonyl (C=O) groups is 6. The number of Topliss-reactive ketones (excluding diaryl/α,β-unsaturated/α-hetero) is 2. The lowest BCUT2D eigenvalue weighted by Gasteiger charge is -2.37. The molecule has 4 fully saturated rings. The fraction of sp³-hybridized carbons (Fsp3) is 0.375. The zero-order chi connectivity index (χ0) is 47.4. The van der Waals surface area contributed by atoms with E-state index < -0.39 is 17.0 Å². The zero-order valence-electron chi connectivity index (χ0n) is 36.5. The Kier molecular flexibility index (Phi) is 21.9. The molecule has 0 aromatic heterocycles. The summed E-state index contributed by atoms with van der Waals surface area (Å²) in [6.07, 6.45) is 0.0783. The van der Waals surface area contributed by atoms with Gasteiger partial charge in [-0.2, -0.15) is 0 Å². The van der Waals surface area contributed by atoms with E-state index in [1.807, 2.05) is 81.5 Å². The molecule has 4 aliphatic rings. The largest absolute Gasteiger partial charge is 0.481 e. The summed E-state index contributed by atoms with van der Waals surface area (Å²) >= 11 is 16.1. The summed E-state index contributed by atoms with van der Waals surface area (Å²) < 4.78 is 0. The monoisotopic (exact) mass is 1150 g/mol. The van der Waals surface area contributed by atoms with Gasteiger partial charge in [-0.1, -0.05) is 129 Å². The van der Waals surface area contributed by atoms with Gasteiger partial charge in [0.25, 0.3) is 0 Å². The third-order valence-corrected chi connectivity index (χ3v) is 11.9. The van der Waals surface area contributed by atoms with E-state index in [1.54, 1.807) is 30.3 Å². The van der Waals surface area contributed by atoms with Crippen molar-refractivity contribution in [3.8, 4) is 0 Å². The molecule has 4 aromatic rings. The van der Waals surface area contributed by atoms with Crippen molar-refractivity contribution in [3.05, 3.63) is 130 Å². The summed E-state index contributed by atoms with van der Waals surface area (Å²) in [4.78, 5) is 82.0. The number of aliphatic carboxylic acids is 1. The molecule has 4 saturated heterocycles. The van der Waals surface area contributed by atoms with Crippen molar-refractivity contribution in [1.82, 2.24) is 20.9 Å². The molecule has 0 saturated carbocycles. The molecule has 17 heteroatoms. The number of nitrogens with one attached hydrogen (secondary N) is 3. The topological polar surface area (TPSA) is 168 Å². The molecule has 3 amide bonds. The number of piperazine rings is 2. The molecule has 0 spiro atoms. The first-order valence-corrected chi connectivity index (χ1v) is 26.2. The summed E-state index contributed by atoms with van der Waals surface area (Å²) in [7, 11) is 0. The molecule has 0 aliphatic carbocycles. The average molecular weight is 1150 g/mol. The van der Waals surface area contributed by atoms with Gasteiger partial charge in [-0.3, -0.25) is 28.8 Å². The Hall–Kier alpha value is -4.30. The molecule has 0 radical (unpaired) electrons. The van der Waals surface area contributed by atoms with Crippen molar-refractivity contribution in [2.45, 2.75) is 49.6 Å². The van der Waals surface area contributed by atoms with Crippen LogP contribution in [0.5, 0.6) is 0 Å². The minimum atomic E-state index is -1.17. The predicted octanol–water partition coefficient (Wildman–Crippen LogP) is 7.44. The highest BCUT2D eigenvalue weighted by Crippen LogP contribution is 2.34. The number of benzene rings is 4. The minimum absolute atomic E-state index is 0.00927. The fourth-order valence-electron chi connectivity index (χ4n) is 8.09. The lowest BCUT2D eigenvalue weighted by atomic mass is 9.83. The van der Waals surface area contributed by atoms with Gasteiger partial charge in [-0.05, 0) is 82.4 Å². The van der Waals surface area contributed by atoms with Gasteiger partial charge < -0.3 is 35.8 Å². The number of rotatable bonds is 10. The van der Waals surface area contributed by atoms with Gasteiger partial charge in [0.2, 0.25) is 17.7 Å². The summed E-state index contributed by atoms with van der Waals surface area (Å²) in [6.45, 7) is 7.05. The van der Waals surface area contributed by atoms with Crippen molar-refractivity contribution in [2.24, 2.45) is 0 Å². The number of carboxylic acids is 1. The van der Waals surface area contributed by atoms with E-state index >= 15 is 0 Å². The molecule has 0 bridgehead atoms. The van der Waals surface area contributed by atoms with Crippen molar-refractivity contribution in [1.29, 1.82) is 0 Å². The van der Waals surface area contributed by atoms with Gasteiger partial charge in [0.15, 0.2) is 11.6 Å². The van der Waals surface area contributed by atoms with Crippen LogP contribution in [0.4, 0.5) is 11.4 Å². The summed E-state index contributed by atoms with van der Waals surface area (Å²) in [6, 6.07) is 33.7. The van der Waals surface area contributed by atoms with E-state index in [2.05, 4.69) is 83.1 Å². The van der Waals surface area contributed by atoms with E-state index in [9.17, 15) is 28.8 Å². The summed E-state index contributed by atoms with van der Waals surface area (Å²) in [5.74, 6) is -2.05. The lowest BCUT2D eigenvalue weighted by molar-refractivity contribution is -0.138. The van der Waals surface area contributed by atoms with E-state index in [-0.39, 0.29) is 67.8 Å². The second-order valence-electron chi connectivity index (χ2n) is 15.3. The number of nitrogens with zero attached hydrogens (tertiary/aromatic N) is 3. The number of ketones is 2. The number of hydrogen-bond acceptors (Lipinski definition) is 9. The Morgan fingerprint density at radius 1 is 0.569 bits per heavy atom. The number of amides is 3. The van der Waals surface area contributed by atoms with Crippen molar-refractivity contribution < 1.29 is 33.9 Å². The number of halogens is 4. The normalized spacial score (nSPS) is 20.0. The van der Waals surface area contributed by atoms with Crippen LogP contribution in [0.15, 0.2) is 109 Å². The van der Waals surface area contributed by atoms with Gasteiger partial charge in [0.05, 0.1) is 12.8 Å². The van der Waals surface area contributed by atoms with Crippen LogP contribution >= 0.6 is 68.4 Å². The van der Waals surface area contributed by atoms with E-state index in [4.69, 9.17) is 28.3 Å². The molecule has 13 nitrogen and oxygen atoms in total. The fourth-order valence-corrected chi connectivity index (χ4v) is 8.34. The Balaban J connectivity index is 0.000000224. The molecular weight excluding hydrogens is 1100 g/mol. The van der Waals surface area contributed by atoms with Gasteiger partial charge in [-0.15, -0.1) is 0 Å². The molecule has 65 heavy (non-hydrogen) atoms. The van der Waals surface area contributed by atoms with Crippen LogP contribution in [0.2, 0.25) is 10.0 Å². The Bertz CT molecular complexity index is 2180. The Labute approximate surface area is 418 Å². The van der Waals surface area contributed by atoms with E-state index in [0.717, 1.165) is 55.5 Å². The third-order valence-electron chi connectivity index (χ3n) is 11.4. The van der Waals surface area contributed by atoms with E-state index in [1.165, 1.54) is 5.69 Å². The standard InChI is InChI=1S/C23H24ClN3O3.C13H13NO4.C10H13ClN2.2CH3I/c24-18-6-8-19(9-7-18)26-12-14-27(15-13-26)22(30)10-11-23(17-4-2-1-3-5-17)20(28)16-21(29)25-23;15-10-8-11(16)14-13(10,7-6-12(17)18)9-4-2-1-3-5-9;11-9-1-3-10(4-2-9)13-7-5-12-6-8-13;2*1-2/h1-9H,10-16H2,(H,25,29);1-5H,6-8H2,(H,14,16)(H,17,18);1-4,12H,5-8H2;2*1H3. The number of hydrogen-bond donors (Lipinski definition) is 4. The molecule has 4 aliphatic heterocycles. The number of carbonyl (C=O) groups excluding carboxylic acids is 5. The maximum Gasteiger partial charge on any atom is 0.303 e. The van der Waals surface area contributed by atoms with Crippen LogP contribution in [-0.4, -0.2) is 107 Å². The van der Waals surface area contributed by atoms with Crippen LogP contribution in [0.25, 0.3) is 0 Å². The number of alkyl halides is 2. The van der Waals surface area contributed by atoms with Gasteiger partial charge in [0, 0.05) is 86.6 Å². The predicted molar refractivity (Wildman–Crippen MR) is 275 cm³/mol.